The summed E-state index contributed by atoms with van der Waals surface area (Å²) in [4.78, 5) is 17.1. The molecule has 1 spiro atoms. The zero-order valence-corrected chi connectivity index (χ0v) is 15.6. The monoisotopic (exact) mass is 382 g/mol. The molecule has 2 aromatic rings. The molecule has 2 N–H and O–H groups in total. The molecule has 0 bridgehead atoms. The third-order valence-corrected chi connectivity index (χ3v) is 5.95. The average Bonchev–Trinajstić information content (AvgIpc) is 2.99. The Labute approximate surface area is 163 Å². The van der Waals surface area contributed by atoms with Gasteiger partial charge in [-0.3, -0.25) is 9.69 Å². The van der Waals surface area contributed by atoms with Crippen LogP contribution in [0.1, 0.15) is 28.8 Å². The second-order valence-electron chi connectivity index (χ2n) is 7.63. The Bertz CT molecular complexity index is 935. The summed E-state index contributed by atoms with van der Waals surface area (Å²) >= 11 is 0. The molecule has 0 aliphatic carbocycles. The Morgan fingerprint density at radius 3 is 2.57 bits per heavy atom. The van der Waals surface area contributed by atoms with E-state index in [9.17, 15) is 19.4 Å². The molecule has 1 amide bonds. The van der Waals surface area contributed by atoms with Crippen LogP contribution in [0.15, 0.2) is 49.1 Å². The maximum absolute atomic E-state index is 14.1. The van der Waals surface area contributed by atoms with E-state index in [1.165, 1.54) is 24.3 Å². The lowest BCUT2D eigenvalue weighted by molar-refractivity contribution is 0.0977. The number of likely N-dealkylation sites (tertiary alicyclic amines) is 1. The minimum Gasteiger partial charge on any atom is -0.504 e. The first-order valence-corrected chi connectivity index (χ1v) is 9.41. The van der Waals surface area contributed by atoms with E-state index in [0.717, 1.165) is 43.7 Å². The molecule has 0 saturated carbocycles. The van der Waals surface area contributed by atoms with Gasteiger partial charge >= 0.3 is 0 Å². The predicted molar refractivity (Wildman–Crippen MR) is 105 cm³/mol. The van der Waals surface area contributed by atoms with Crippen molar-refractivity contribution < 1.29 is 19.4 Å². The molecule has 28 heavy (non-hydrogen) atoms. The van der Waals surface area contributed by atoms with Crippen LogP contribution >= 0.6 is 0 Å². The Kier molecular flexibility index (Phi) is 4.59. The zero-order chi connectivity index (χ0) is 19.9. The molecule has 1 fully saturated rings. The number of phenolic OH excluding ortho intramolecular Hbond substituents is 2. The number of piperidine rings is 1. The van der Waals surface area contributed by atoms with Crippen LogP contribution in [-0.4, -0.2) is 47.2 Å². The lowest BCUT2D eigenvalue weighted by Crippen LogP contribution is -2.46. The van der Waals surface area contributed by atoms with Crippen LogP contribution in [0, 0.1) is 5.82 Å². The summed E-state index contributed by atoms with van der Waals surface area (Å²) in [7, 11) is 0. The van der Waals surface area contributed by atoms with Gasteiger partial charge < -0.3 is 15.1 Å². The first-order valence-electron chi connectivity index (χ1n) is 9.41. The summed E-state index contributed by atoms with van der Waals surface area (Å²) in [6.45, 7) is 6.82. The van der Waals surface area contributed by atoms with E-state index in [-0.39, 0.29) is 34.2 Å². The van der Waals surface area contributed by atoms with Crippen LogP contribution < -0.4 is 4.90 Å². The number of hydrogen-bond acceptors (Lipinski definition) is 4. The average molecular weight is 382 g/mol. The number of nitrogens with zero attached hydrogens (tertiary/aromatic N) is 2. The molecule has 2 aliphatic heterocycles. The van der Waals surface area contributed by atoms with Crippen molar-refractivity contribution in [1.29, 1.82) is 0 Å². The molecule has 0 atom stereocenters. The highest BCUT2D eigenvalue weighted by molar-refractivity contribution is 6.08. The maximum atomic E-state index is 14.1. The first kappa shape index (κ1) is 18.5. The molecule has 0 radical (unpaired) electrons. The molecule has 0 aromatic heterocycles. The van der Waals surface area contributed by atoms with Gasteiger partial charge in [-0.05, 0) is 67.9 Å². The van der Waals surface area contributed by atoms with Crippen molar-refractivity contribution in [2.45, 2.75) is 18.3 Å². The van der Waals surface area contributed by atoms with Crippen LogP contribution in [0.4, 0.5) is 10.1 Å². The maximum Gasteiger partial charge on any atom is 0.258 e. The zero-order valence-electron chi connectivity index (χ0n) is 15.6. The van der Waals surface area contributed by atoms with Crippen molar-refractivity contribution >= 4 is 11.6 Å². The van der Waals surface area contributed by atoms with Gasteiger partial charge in [-0.15, -0.1) is 6.58 Å². The van der Waals surface area contributed by atoms with E-state index < -0.39 is 0 Å². The minimum absolute atomic E-state index is 0.270. The van der Waals surface area contributed by atoms with E-state index in [1.54, 1.807) is 17.0 Å². The molecule has 6 heteroatoms. The molecule has 0 unspecified atom stereocenters. The van der Waals surface area contributed by atoms with Crippen molar-refractivity contribution in [3.05, 3.63) is 66.0 Å². The van der Waals surface area contributed by atoms with E-state index in [2.05, 4.69) is 11.5 Å². The van der Waals surface area contributed by atoms with Crippen molar-refractivity contribution in [1.82, 2.24) is 4.90 Å². The van der Waals surface area contributed by atoms with E-state index in [1.807, 2.05) is 6.08 Å². The summed E-state index contributed by atoms with van der Waals surface area (Å²) in [5.41, 5.74) is 1.61. The van der Waals surface area contributed by atoms with Crippen LogP contribution in [0.3, 0.4) is 0 Å². The molecular weight excluding hydrogens is 359 g/mol. The second kappa shape index (κ2) is 6.95. The highest BCUT2D eigenvalue weighted by Gasteiger charge is 2.46. The predicted octanol–water partition coefficient (Wildman–Crippen LogP) is 3.42. The largest absolute Gasteiger partial charge is 0.504 e. The summed E-state index contributed by atoms with van der Waals surface area (Å²) < 4.78 is 14.1. The number of anilines is 1. The van der Waals surface area contributed by atoms with Crippen molar-refractivity contribution in [2.75, 3.05) is 31.1 Å². The fraction of sp³-hybridized carbons (Fsp3) is 0.318. The van der Waals surface area contributed by atoms with E-state index in [4.69, 9.17) is 0 Å². The van der Waals surface area contributed by atoms with Gasteiger partial charge in [-0.25, -0.2) is 4.39 Å². The number of rotatable bonds is 3. The summed E-state index contributed by atoms with van der Waals surface area (Å²) in [5.74, 6) is -1.18. The highest BCUT2D eigenvalue weighted by atomic mass is 19.1. The van der Waals surface area contributed by atoms with Gasteiger partial charge in [0.2, 0.25) is 0 Å². The van der Waals surface area contributed by atoms with Gasteiger partial charge in [0.1, 0.15) is 5.82 Å². The van der Waals surface area contributed by atoms with Gasteiger partial charge in [-0.1, -0.05) is 6.08 Å². The molecular formula is C22H23FN2O3. The van der Waals surface area contributed by atoms with Crippen molar-refractivity contribution in [2.24, 2.45) is 0 Å². The number of amides is 1. The standard InChI is InChI=1S/C22H23FN2O3/c1-2-9-24-10-7-22(8-11-24)14-25(18-5-4-16(23)13-17(18)22)21(28)15-3-6-19(26)20(27)12-15/h2-6,12-13,26-27H,1,7-11,14H2. The highest BCUT2D eigenvalue weighted by Crippen LogP contribution is 2.47. The first-order chi connectivity index (χ1) is 13.4. The number of benzene rings is 2. The van der Waals surface area contributed by atoms with Crippen molar-refractivity contribution in [3.8, 4) is 11.5 Å². The minimum atomic E-state index is -0.336. The van der Waals surface area contributed by atoms with Crippen molar-refractivity contribution in [3.63, 3.8) is 0 Å². The van der Waals surface area contributed by atoms with Crippen LogP contribution in [-0.2, 0) is 5.41 Å². The lowest BCUT2D eigenvalue weighted by Gasteiger charge is -2.39. The number of hydrogen-bond donors (Lipinski definition) is 2. The van der Waals surface area contributed by atoms with E-state index in [0.29, 0.717) is 6.54 Å². The number of phenols is 2. The molecule has 146 valence electrons. The molecule has 4 rings (SSSR count). The quantitative estimate of drug-likeness (QED) is 0.631. The molecule has 5 nitrogen and oxygen atoms in total. The van der Waals surface area contributed by atoms with E-state index >= 15 is 0 Å². The summed E-state index contributed by atoms with van der Waals surface area (Å²) in [5, 5.41) is 19.3. The molecule has 1 saturated heterocycles. The number of carbonyl (C=O) groups is 1. The fourth-order valence-electron chi connectivity index (χ4n) is 4.41. The van der Waals surface area contributed by atoms with Gasteiger partial charge in [0, 0.05) is 29.8 Å². The Hall–Kier alpha value is -2.86. The number of fused-ring (bicyclic) bond motifs is 2. The third-order valence-electron chi connectivity index (χ3n) is 5.95. The van der Waals surface area contributed by atoms with Crippen LogP contribution in [0.5, 0.6) is 11.5 Å². The summed E-state index contributed by atoms with van der Waals surface area (Å²) in [6, 6.07) is 8.64. The second-order valence-corrected chi connectivity index (χ2v) is 7.63. The van der Waals surface area contributed by atoms with Crippen LogP contribution in [0.2, 0.25) is 0 Å². The smallest absolute Gasteiger partial charge is 0.258 e. The summed E-state index contributed by atoms with van der Waals surface area (Å²) in [6.07, 6.45) is 3.55. The third kappa shape index (κ3) is 3.03. The fourth-order valence-corrected chi connectivity index (χ4v) is 4.41. The molecule has 2 aromatic carbocycles. The Morgan fingerprint density at radius 2 is 1.89 bits per heavy atom. The van der Waals surface area contributed by atoms with Gasteiger partial charge in [0.05, 0.1) is 0 Å². The molecule has 2 aliphatic rings. The van der Waals surface area contributed by atoms with Crippen LogP contribution in [0.25, 0.3) is 0 Å². The topological polar surface area (TPSA) is 64.0 Å². The number of carbonyl (C=O) groups excluding carboxylic acids is 1. The SMILES string of the molecule is C=CCN1CCC2(CC1)CN(C(=O)c1ccc(O)c(O)c1)c1ccc(F)cc12. The molecule has 2 heterocycles. The van der Waals surface area contributed by atoms with Gasteiger partial charge in [-0.2, -0.15) is 0 Å². The Balaban J connectivity index is 1.68. The lowest BCUT2D eigenvalue weighted by atomic mass is 9.74. The normalized spacial score (nSPS) is 18.2. The number of halogens is 1. The van der Waals surface area contributed by atoms with Gasteiger partial charge in [0.15, 0.2) is 11.5 Å². The number of aromatic hydroxyl groups is 2. The van der Waals surface area contributed by atoms with Gasteiger partial charge in [0.25, 0.3) is 5.91 Å². The Morgan fingerprint density at radius 1 is 1.14 bits per heavy atom.